The predicted molar refractivity (Wildman–Crippen MR) is 111 cm³/mol. The Morgan fingerprint density at radius 2 is 1.83 bits per heavy atom. The number of carbonyl (C=O) groups is 1. The largest absolute Gasteiger partial charge is 0.497 e. The fourth-order valence-corrected chi connectivity index (χ4v) is 3.34. The molecule has 2 heterocycles. The number of imidazole rings is 1. The monoisotopic (exact) mass is 391 g/mol. The van der Waals surface area contributed by atoms with Crippen molar-refractivity contribution < 1.29 is 9.53 Å². The molecule has 0 atom stereocenters. The van der Waals surface area contributed by atoms with Gasteiger partial charge in [-0.2, -0.15) is 5.10 Å². The topological polar surface area (TPSA) is 93.9 Å². The van der Waals surface area contributed by atoms with Crippen molar-refractivity contribution in [1.29, 1.82) is 0 Å². The van der Waals surface area contributed by atoms with E-state index >= 15 is 0 Å². The molecule has 8 heteroatoms. The van der Waals surface area contributed by atoms with Crippen molar-refractivity contribution in [2.24, 2.45) is 14.1 Å². The van der Waals surface area contributed by atoms with E-state index in [0.717, 1.165) is 22.2 Å². The highest BCUT2D eigenvalue weighted by atomic mass is 16.5. The quantitative estimate of drug-likeness (QED) is 0.559. The lowest BCUT2D eigenvalue weighted by Gasteiger charge is -2.08. The highest BCUT2D eigenvalue weighted by Crippen LogP contribution is 2.25. The number of H-pyrrole nitrogens is 1. The highest BCUT2D eigenvalue weighted by molar-refractivity contribution is 6.04. The third-order valence-electron chi connectivity index (χ3n) is 5.05. The molecule has 4 rings (SSSR count). The molecule has 0 unspecified atom stereocenters. The first kappa shape index (κ1) is 18.5. The first-order valence-electron chi connectivity index (χ1n) is 9.06. The third-order valence-corrected chi connectivity index (χ3v) is 5.05. The molecule has 0 radical (unpaired) electrons. The molecule has 1 amide bonds. The van der Waals surface area contributed by atoms with Gasteiger partial charge >= 0.3 is 5.69 Å². The van der Waals surface area contributed by atoms with Gasteiger partial charge in [-0.25, -0.2) is 4.79 Å². The lowest BCUT2D eigenvalue weighted by molar-refractivity contribution is 0.102. The van der Waals surface area contributed by atoms with Gasteiger partial charge in [0, 0.05) is 25.3 Å². The number of carbonyl (C=O) groups excluding carboxylic acids is 1. The Balaban J connectivity index is 1.63. The number of rotatable bonds is 4. The lowest BCUT2D eigenvalue weighted by Crippen LogP contribution is -2.19. The van der Waals surface area contributed by atoms with Crippen LogP contribution in [0.5, 0.6) is 5.75 Å². The number of amides is 1. The first-order chi connectivity index (χ1) is 13.9. The van der Waals surface area contributed by atoms with E-state index in [-0.39, 0.29) is 11.6 Å². The van der Waals surface area contributed by atoms with Crippen LogP contribution in [0.3, 0.4) is 0 Å². The minimum absolute atomic E-state index is 0.112. The summed E-state index contributed by atoms with van der Waals surface area (Å²) in [6.45, 7) is 1.89. The summed E-state index contributed by atoms with van der Waals surface area (Å²) in [6, 6.07) is 12.9. The Bertz CT molecular complexity index is 1300. The second-order valence-corrected chi connectivity index (χ2v) is 6.91. The van der Waals surface area contributed by atoms with Crippen LogP contribution in [0.15, 0.2) is 47.3 Å². The summed E-state index contributed by atoms with van der Waals surface area (Å²) in [5, 5.41) is 9.92. The Labute approximate surface area is 166 Å². The van der Waals surface area contributed by atoms with Crippen molar-refractivity contribution in [3.05, 3.63) is 64.2 Å². The average Bonchev–Trinajstić information content (AvgIpc) is 3.30. The van der Waals surface area contributed by atoms with E-state index in [9.17, 15) is 9.59 Å². The number of nitrogens with one attached hydrogen (secondary N) is 2. The number of anilines is 1. The zero-order valence-electron chi connectivity index (χ0n) is 16.6. The van der Waals surface area contributed by atoms with Crippen LogP contribution >= 0.6 is 0 Å². The van der Waals surface area contributed by atoms with Crippen LogP contribution in [0.2, 0.25) is 0 Å². The van der Waals surface area contributed by atoms with E-state index in [4.69, 9.17) is 4.74 Å². The summed E-state index contributed by atoms with van der Waals surface area (Å²) >= 11 is 0. The number of fused-ring (bicyclic) bond motifs is 1. The van der Waals surface area contributed by atoms with Gasteiger partial charge in [0.1, 0.15) is 11.4 Å². The average molecular weight is 391 g/mol. The van der Waals surface area contributed by atoms with Gasteiger partial charge in [0.15, 0.2) is 0 Å². The molecular weight excluding hydrogens is 370 g/mol. The molecule has 0 fully saturated rings. The van der Waals surface area contributed by atoms with Gasteiger partial charge in [0.25, 0.3) is 5.91 Å². The number of aryl methyl sites for hydroxylation is 3. The van der Waals surface area contributed by atoms with Crippen molar-refractivity contribution in [2.45, 2.75) is 6.92 Å². The standard InChI is InChI=1S/C21H21N5O3/c1-12-8-18-19(26(3)21(28)25(18)2)11-15(12)22-20(27)17-10-16(23-24-17)13-6-5-7-14(9-13)29-4/h5-11H,1-4H3,(H,22,27)(H,23,24). The third kappa shape index (κ3) is 3.18. The molecule has 0 aliphatic carbocycles. The predicted octanol–water partition coefficient (Wildman–Crippen LogP) is 2.84. The summed E-state index contributed by atoms with van der Waals surface area (Å²) in [4.78, 5) is 24.9. The Morgan fingerprint density at radius 1 is 1.10 bits per heavy atom. The number of methoxy groups -OCH3 is 1. The minimum Gasteiger partial charge on any atom is -0.497 e. The van der Waals surface area contributed by atoms with Crippen molar-refractivity contribution in [2.75, 3.05) is 12.4 Å². The van der Waals surface area contributed by atoms with Crippen LogP contribution in [-0.4, -0.2) is 32.3 Å². The van der Waals surface area contributed by atoms with Gasteiger partial charge in [-0.05, 0) is 42.8 Å². The molecule has 0 bridgehead atoms. The number of nitrogens with zero attached hydrogens (tertiary/aromatic N) is 3. The van der Waals surface area contributed by atoms with Crippen LogP contribution < -0.4 is 15.7 Å². The summed E-state index contributed by atoms with van der Waals surface area (Å²) in [5.74, 6) is 0.406. The number of hydrogen-bond acceptors (Lipinski definition) is 4. The van der Waals surface area contributed by atoms with Crippen molar-refractivity contribution in [3.63, 3.8) is 0 Å². The molecule has 2 N–H and O–H groups in total. The van der Waals surface area contributed by atoms with Crippen LogP contribution in [0.25, 0.3) is 22.3 Å². The van der Waals surface area contributed by atoms with Crippen LogP contribution in [0.4, 0.5) is 5.69 Å². The Hall–Kier alpha value is -3.81. The summed E-state index contributed by atoms with van der Waals surface area (Å²) < 4.78 is 8.38. The second kappa shape index (κ2) is 6.97. The molecule has 29 heavy (non-hydrogen) atoms. The number of aromatic nitrogens is 4. The molecule has 0 saturated heterocycles. The number of hydrogen-bond donors (Lipinski definition) is 2. The fourth-order valence-electron chi connectivity index (χ4n) is 3.34. The lowest BCUT2D eigenvalue weighted by atomic mass is 10.1. The highest BCUT2D eigenvalue weighted by Gasteiger charge is 2.15. The van der Waals surface area contributed by atoms with E-state index in [1.165, 1.54) is 0 Å². The fraction of sp³-hybridized carbons (Fsp3) is 0.190. The molecule has 0 spiro atoms. The van der Waals surface area contributed by atoms with E-state index in [2.05, 4.69) is 15.5 Å². The Kier molecular flexibility index (Phi) is 4.46. The maximum Gasteiger partial charge on any atom is 0.328 e. The van der Waals surface area contributed by atoms with Gasteiger partial charge in [0.05, 0.1) is 23.8 Å². The van der Waals surface area contributed by atoms with Crippen molar-refractivity contribution >= 4 is 22.6 Å². The number of benzene rings is 2. The van der Waals surface area contributed by atoms with Gasteiger partial charge in [-0.15, -0.1) is 0 Å². The van der Waals surface area contributed by atoms with E-state index < -0.39 is 0 Å². The smallest absolute Gasteiger partial charge is 0.328 e. The molecule has 0 aliphatic heterocycles. The summed E-state index contributed by atoms with van der Waals surface area (Å²) in [7, 11) is 5.04. The van der Waals surface area contributed by atoms with E-state index in [1.807, 2.05) is 43.3 Å². The number of aromatic amines is 1. The van der Waals surface area contributed by atoms with Gasteiger partial charge in [-0.1, -0.05) is 12.1 Å². The zero-order valence-corrected chi connectivity index (χ0v) is 16.6. The van der Waals surface area contributed by atoms with E-state index in [1.54, 1.807) is 36.4 Å². The molecule has 148 valence electrons. The van der Waals surface area contributed by atoms with Crippen LogP contribution in [0, 0.1) is 6.92 Å². The van der Waals surface area contributed by atoms with Crippen molar-refractivity contribution in [1.82, 2.24) is 19.3 Å². The maximum atomic E-state index is 12.7. The molecule has 0 aliphatic rings. The first-order valence-corrected chi connectivity index (χ1v) is 9.06. The molecule has 4 aromatic rings. The SMILES string of the molecule is COc1cccc(-c2cc(C(=O)Nc3cc4c(cc3C)n(C)c(=O)n4C)[nH]n2)c1. The summed E-state index contributed by atoms with van der Waals surface area (Å²) in [5.41, 5.74) is 4.78. The molecule has 2 aromatic heterocycles. The Morgan fingerprint density at radius 3 is 2.55 bits per heavy atom. The molecule has 8 nitrogen and oxygen atoms in total. The van der Waals surface area contributed by atoms with Gasteiger partial charge < -0.3 is 10.1 Å². The van der Waals surface area contributed by atoms with E-state index in [0.29, 0.717) is 22.8 Å². The normalized spacial score (nSPS) is 11.0. The summed E-state index contributed by atoms with van der Waals surface area (Å²) in [6.07, 6.45) is 0. The van der Waals surface area contributed by atoms with Crippen molar-refractivity contribution in [3.8, 4) is 17.0 Å². The minimum atomic E-state index is -0.310. The molecule has 0 saturated carbocycles. The van der Waals surface area contributed by atoms with Gasteiger partial charge in [0.2, 0.25) is 0 Å². The van der Waals surface area contributed by atoms with Crippen LogP contribution in [-0.2, 0) is 14.1 Å². The second-order valence-electron chi connectivity index (χ2n) is 6.91. The molecular formula is C21H21N5O3. The van der Waals surface area contributed by atoms with Crippen LogP contribution in [0.1, 0.15) is 16.1 Å². The zero-order chi connectivity index (χ0) is 20.7. The molecule has 2 aromatic carbocycles. The number of ether oxygens (including phenoxy) is 1. The van der Waals surface area contributed by atoms with Gasteiger partial charge in [-0.3, -0.25) is 19.0 Å². The maximum absolute atomic E-state index is 12.7.